The van der Waals surface area contributed by atoms with Gasteiger partial charge >= 0.3 is 0 Å². The smallest absolute Gasteiger partial charge is 0.0476 e. The summed E-state index contributed by atoms with van der Waals surface area (Å²) in [4.78, 5) is 0. The summed E-state index contributed by atoms with van der Waals surface area (Å²) in [6, 6.07) is 0.414. The lowest BCUT2D eigenvalue weighted by molar-refractivity contribution is 0.0994. The third-order valence-corrected chi connectivity index (χ3v) is 7.14. The van der Waals surface area contributed by atoms with Gasteiger partial charge in [0.25, 0.3) is 0 Å². The van der Waals surface area contributed by atoms with Gasteiger partial charge in [0.2, 0.25) is 0 Å². The van der Waals surface area contributed by atoms with Crippen LogP contribution in [-0.4, -0.2) is 29.8 Å². The van der Waals surface area contributed by atoms with E-state index in [1.165, 1.54) is 38.5 Å². The molecule has 2 rings (SSSR count). The van der Waals surface area contributed by atoms with E-state index in [0.717, 1.165) is 24.4 Å². The molecular formula is C16H31NOS. The fourth-order valence-electron chi connectivity index (χ4n) is 3.37. The SMILES string of the molecule is CCC(C)(C)C1CCC(N)C(SC2CCOCC2)C1. The van der Waals surface area contributed by atoms with Crippen LogP contribution < -0.4 is 5.73 Å². The number of hydrogen-bond acceptors (Lipinski definition) is 3. The molecule has 19 heavy (non-hydrogen) atoms. The van der Waals surface area contributed by atoms with Crippen LogP contribution in [0.2, 0.25) is 0 Å². The Bertz CT molecular complexity index is 276. The van der Waals surface area contributed by atoms with Crippen molar-refractivity contribution in [3.05, 3.63) is 0 Å². The van der Waals surface area contributed by atoms with Gasteiger partial charge < -0.3 is 10.5 Å². The van der Waals surface area contributed by atoms with Crippen molar-refractivity contribution >= 4 is 11.8 Å². The molecule has 0 aromatic carbocycles. The highest BCUT2D eigenvalue weighted by Gasteiger charge is 2.37. The van der Waals surface area contributed by atoms with E-state index in [4.69, 9.17) is 10.5 Å². The highest BCUT2D eigenvalue weighted by atomic mass is 32.2. The zero-order valence-electron chi connectivity index (χ0n) is 12.9. The van der Waals surface area contributed by atoms with Gasteiger partial charge in [-0.3, -0.25) is 0 Å². The van der Waals surface area contributed by atoms with E-state index < -0.39 is 0 Å². The Labute approximate surface area is 123 Å². The third kappa shape index (κ3) is 4.12. The zero-order valence-corrected chi connectivity index (χ0v) is 13.7. The Morgan fingerprint density at radius 3 is 2.47 bits per heavy atom. The minimum Gasteiger partial charge on any atom is -0.381 e. The van der Waals surface area contributed by atoms with Crippen molar-refractivity contribution in [3.63, 3.8) is 0 Å². The monoisotopic (exact) mass is 285 g/mol. The average molecular weight is 285 g/mol. The van der Waals surface area contributed by atoms with E-state index in [1.807, 2.05) is 0 Å². The van der Waals surface area contributed by atoms with Crippen molar-refractivity contribution in [1.29, 1.82) is 0 Å². The number of nitrogens with two attached hydrogens (primary N) is 1. The topological polar surface area (TPSA) is 35.2 Å². The first-order chi connectivity index (χ1) is 9.03. The maximum absolute atomic E-state index is 6.39. The Hall–Kier alpha value is 0.270. The van der Waals surface area contributed by atoms with E-state index >= 15 is 0 Å². The van der Waals surface area contributed by atoms with E-state index in [1.54, 1.807) is 0 Å². The lowest BCUT2D eigenvalue weighted by Gasteiger charge is -2.43. The summed E-state index contributed by atoms with van der Waals surface area (Å²) >= 11 is 2.17. The number of rotatable bonds is 4. The summed E-state index contributed by atoms with van der Waals surface area (Å²) in [5, 5.41) is 1.46. The van der Waals surface area contributed by atoms with E-state index in [2.05, 4.69) is 32.5 Å². The highest BCUT2D eigenvalue weighted by molar-refractivity contribution is 8.00. The first kappa shape index (κ1) is 15.7. The Balaban J connectivity index is 1.90. The van der Waals surface area contributed by atoms with Crippen LogP contribution >= 0.6 is 11.8 Å². The minimum atomic E-state index is 0.414. The van der Waals surface area contributed by atoms with Gasteiger partial charge in [-0.05, 0) is 43.4 Å². The second kappa shape index (κ2) is 6.82. The fourth-order valence-corrected chi connectivity index (χ4v) is 5.01. The van der Waals surface area contributed by atoms with Gasteiger partial charge in [-0.1, -0.05) is 27.2 Å². The molecule has 1 heterocycles. The Morgan fingerprint density at radius 2 is 1.84 bits per heavy atom. The molecule has 2 nitrogen and oxygen atoms in total. The van der Waals surface area contributed by atoms with E-state index in [0.29, 0.717) is 16.7 Å². The van der Waals surface area contributed by atoms with Gasteiger partial charge in [0.1, 0.15) is 0 Å². The molecular weight excluding hydrogens is 254 g/mol. The molecule has 1 aliphatic carbocycles. The molecule has 2 aliphatic rings. The molecule has 1 saturated carbocycles. The molecule has 0 radical (unpaired) electrons. The van der Waals surface area contributed by atoms with Crippen molar-refractivity contribution in [2.24, 2.45) is 17.1 Å². The molecule has 0 aromatic rings. The van der Waals surface area contributed by atoms with Crippen LogP contribution in [0.5, 0.6) is 0 Å². The van der Waals surface area contributed by atoms with Crippen molar-refractivity contribution in [2.45, 2.75) is 75.8 Å². The van der Waals surface area contributed by atoms with Crippen molar-refractivity contribution in [3.8, 4) is 0 Å². The van der Waals surface area contributed by atoms with Gasteiger partial charge in [0.15, 0.2) is 0 Å². The molecule has 1 saturated heterocycles. The van der Waals surface area contributed by atoms with Crippen LogP contribution in [-0.2, 0) is 4.74 Å². The van der Waals surface area contributed by atoms with Gasteiger partial charge in [-0.2, -0.15) is 11.8 Å². The van der Waals surface area contributed by atoms with Gasteiger partial charge in [0.05, 0.1) is 0 Å². The molecule has 0 spiro atoms. The van der Waals surface area contributed by atoms with Crippen LogP contribution in [0, 0.1) is 11.3 Å². The molecule has 0 aromatic heterocycles. The molecule has 1 aliphatic heterocycles. The Morgan fingerprint density at radius 1 is 1.16 bits per heavy atom. The molecule has 3 unspecified atom stereocenters. The van der Waals surface area contributed by atoms with E-state index in [9.17, 15) is 0 Å². The number of ether oxygens (including phenoxy) is 1. The minimum absolute atomic E-state index is 0.414. The lowest BCUT2D eigenvalue weighted by atomic mass is 9.69. The third-order valence-electron chi connectivity index (χ3n) is 5.39. The summed E-state index contributed by atoms with van der Waals surface area (Å²) < 4.78 is 5.46. The summed E-state index contributed by atoms with van der Waals surface area (Å²) in [6.45, 7) is 9.09. The van der Waals surface area contributed by atoms with Crippen LogP contribution in [0.1, 0.15) is 59.3 Å². The first-order valence-electron chi connectivity index (χ1n) is 8.01. The second-order valence-corrected chi connectivity index (χ2v) is 8.55. The normalized spacial score (nSPS) is 34.4. The van der Waals surface area contributed by atoms with Gasteiger partial charge in [-0.15, -0.1) is 0 Å². The van der Waals surface area contributed by atoms with Crippen molar-refractivity contribution in [2.75, 3.05) is 13.2 Å². The van der Waals surface area contributed by atoms with Gasteiger partial charge in [-0.25, -0.2) is 0 Å². The molecule has 0 bridgehead atoms. The van der Waals surface area contributed by atoms with Crippen molar-refractivity contribution < 1.29 is 4.74 Å². The molecule has 3 atom stereocenters. The summed E-state index contributed by atoms with van der Waals surface area (Å²) in [5.41, 5.74) is 6.87. The lowest BCUT2D eigenvalue weighted by Crippen LogP contribution is -2.43. The van der Waals surface area contributed by atoms with Crippen LogP contribution in [0.3, 0.4) is 0 Å². The zero-order chi connectivity index (χ0) is 13.9. The predicted octanol–water partition coefficient (Wildman–Crippen LogP) is 3.83. The first-order valence-corrected chi connectivity index (χ1v) is 8.96. The predicted molar refractivity (Wildman–Crippen MR) is 84.6 cm³/mol. The van der Waals surface area contributed by atoms with Crippen LogP contribution in [0.15, 0.2) is 0 Å². The largest absolute Gasteiger partial charge is 0.381 e. The highest BCUT2D eigenvalue weighted by Crippen LogP contribution is 2.44. The van der Waals surface area contributed by atoms with Crippen molar-refractivity contribution in [1.82, 2.24) is 0 Å². The summed E-state index contributed by atoms with van der Waals surface area (Å²) in [7, 11) is 0. The number of thioether (sulfide) groups is 1. The summed E-state index contributed by atoms with van der Waals surface area (Å²) in [5.74, 6) is 0.856. The average Bonchev–Trinajstić information content (AvgIpc) is 2.42. The van der Waals surface area contributed by atoms with E-state index in [-0.39, 0.29) is 0 Å². The van der Waals surface area contributed by atoms with Crippen LogP contribution in [0.4, 0.5) is 0 Å². The number of hydrogen-bond donors (Lipinski definition) is 1. The Kier molecular flexibility index (Phi) is 5.62. The molecule has 3 heteroatoms. The second-order valence-electron chi connectivity index (χ2n) is 7.00. The maximum Gasteiger partial charge on any atom is 0.0476 e. The molecule has 112 valence electrons. The molecule has 2 fully saturated rings. The molecule has 0 amide bonds. The molecule has 2 N–H and O–H groups in total. The van der Waals surface area contributed by atoms with Crippen LogP contribution in [0.25, 0.3) is 0 Å². The standard InChI is InChI=1S/C16H31NOS/c1-4-16(2,3)12-5-6-14(17)15(11-12)19-13-7-9-18-10-8-13/h12-15H,4-11,17H2,1-3H3. The van der Waals surface area contributed by atoms with Gasteiger partial charge in [0, 0.05) is 29.8 Å². The quantitative estimate of drug-likeness (QED) is 0.852. The maximum atomic E-state index is 6.39. The fraction of sp³-hybridized carbons (Fsp3) is 1.00. The summed E-state index contributed by atoms with van der Waals surface area (Å²) in [6.07, 6.45) is 7.58.